The molecule has 3 nitrogen and oxygen atoms in total. The largest absolute Gasteiger partial charge is 0.456 e. The molecule has 2 aromatic rings. The molecule has 0 N–H and O–H groups in total. The molecule has 0 radical (unpaired) electrons. The monoisotopic (exact) mass is 213 g/mol. The lowest BCUT2D eigenvalue weighted by Crippen LogP contribution is -2.00. The number of pyridine rings is 1. The summed E-state index contributed by atoms with van der Waals surface area (Å²) < 4.78 is 6.66. The average molecular weight is 213 g/mol. The molecule has 2 heterocycles. The van der Waals surface area contributed by atoms with Crippen molar-refractivity contribution < 1.29 is 9.53 Å². The van der Waals surface area contributed by atoms with Gasteiger partial charge in [0.15, 0.2) is 0 Å². The van der Waals surface area contributed by atoms with Crippen molar-refractivity contribution in [3.05, 3.63) is 42.2 Å². The molecule has 0 bridgehead atoms. The molecular weight excluding hydrogens is 202 g/mol. The highest BCUT2D eigenvalue weighted by Crippen LogP contribution is 2.07. The zero-order valence-corrected chi connectivity index (χ0v) is 8.93. The van der Waals surface area contributed by atoms with Crippen molar-refractivity contribution in [2.24, 2.45) is 0 Å². The molecule has 0 aliphatic carbocycles. The Morgan fingerprint density at radius 2 is 2.19 bits per heavy atom. The number of nitrogens with zero attached hydrogens (tertiary/aromatic N) is 1. The molecule has 3 heteroatoms. The predicted molar refractivity (Wildman–Crippen MR) is 60.9 cm³/mol. The van der Waals surface area contributed by atoms with Crippen LogP contribution in [0, 0.1) is 11.8 Å². The number of hydrogen-bond acceptors (Lipinski definition) is 2. The van der Waals surface area contributed by atoms with Crippen molar-refractivity contribution in [2.75, 3.05) is 6.61 Å². The van der Waals surface area contributed by atoms with Gasteiger partial charge in [0.1, 0.15) is 0 Å². The van der Waals surface area contributed by atoms with E-state index in [0.29, 0.717) is 6.61 Å². The van der Waals surface area contributed by atoms with Gasteiger partial charge in [0.2, 0.25) is 0 Å². The Bertz CT molecular complexity index is 572. The van der Waals surface area contributed by atoms with Crippen LogP contribution in [0.25, 0.3) is 5.52 Å². The molecule has 0 unspecified atom stereocenters. The van der Waals surface area contributed by atoms with E-state index in [9.17, 15) is 4.79 Å². The van der Waals surface area contributed by atoms with E-state index in [2.05, 4.69) is 11.8 Å². The fourth-order valence-electron chi connectivity index (χ4n) is 1.45. The third-order valence-corrected chi connectivity index (χ3v) is 2.13. The van der Waals surface area contributed by atoms with Crippen LogP contribution in [0.1, 0.15) is 12.6 Å². The highest BCUT2D eigenvalue weighted by molar-refractivity contribution is 5.89. The van der Waals surface area contributed by atoms with E-state index in [-0.39, 0.29) is 0 Å². The second kappa shape index (κ2) is 4.54. The molecule has 0 fully saturated rings. The van der Waals surface area contributed by atoms with Gasteiger partial charge in [-0.2, -0.15) is 0 Å². The number of fused-ring (bicyclic) bond motifs is 1. The maximum absolute atomic E-state index is 11.1. The van der Waals surface area contributed by atoms with Gasteiger partial charge in [0.05, 0.1) is 12.3 Å². The Hall–Kier alpha value is -2.21. The van der Waals surface area contributed by atoms with Crippen molar-refractivity contribution in [1.82, 2.24) is 4.40 Å². The van der Waals surface area contributed by atoms with Crippen molar-refractivity contribution in [3.8, 4) is 11.8 Å². The molecule has 0 aliphatic rings. The van der Waals surface area contributed by atoms with Crippen molar-refractivity contribution in [2.45, 2.75) is 6.92 Å². The van der Waals surface area contributed by atoms with Crippen LogP contribution in [0.2, 0.25) is 0 Å². The minimum Gasteiger partial charge on any atom is -0.456 e. The third kappa shape index (κ3) is 2.06. The molecule has 16 heavy (non-hydrogen) atoms. The van der Waals surface area contributed by atoms with Gasteiger partial charge >= 0.3 is 5.97 Å². The van der Waals surface area contributed by atoms with Crippen LogP contribution < -0.4 is 0 Å². The molecule has 0 saturated heterocycles. The van der Waals surface area contributed by atoms with Crippen LogP contribution in [0.15, 0.2) is 36.5 Å². The topological polar surface area (TPSA) is 30.7 Å². The molecule has 0 aliphatic heterocycles. The number of carbonyl (C=O) groups is 1. The van der Waals surface area contributed by atoms with E-state index >= 15 is 0 Å². The average Bonchev–Trinajstić information content (AvgIpc) is 2.75. The number of carbonyl (C=O) groups excluding carboxylic acids is 1. The summed E-state index contributed by atoms with van der Waals surface area (Å²) in [6, 6.07) is 9.67. The van der Waals surface area contributed by atoms with Crippen LogP contribution in [-0.2, 0) is 9.53 Å². The van der Waals surface area contributed by atoms with Gasteiger partial charge in [-0.15, -0.1) is 0 Å². The summed E-state index contributed by atoms with van der Waals surface area (Å²) in [6.45, 7) is 2.10. The number of hydrogen-bond donors (Lipinski definition) is 0. The van der Waals surface area contributed by atoms with E-state index < -0.39 is 5.97 Å². The maximum atomic E-state index is 11.1. The molecule has 2 rings (SSSR count). The Labute approximate surface area is 93.6 Å². The van der Waals surface area contributed by atoms with Gasteiger partial charge in [0, 0.05) is 17.6 Å². The SMILES string of the molecule is CCOC(=O)C#Cc1cccc2cccn12. The summed E-state index contributed by atoms with van der Waals surface area (Å²) in [4.78, 5) is 11.1. The van der Waals surface area contributed by atoms with Crippen LogP contribution in [-0.4, -0.2) is 17.0 Å². The molecule has 0 aromatic carbocycles. The molecule has 2 aromatic heterocycles. The quantitative estimate of drug-likeness (QED) is 0.534. The standard InChI is InChI=1S/C13H11NO2/c1-2-16-13(15)9-8-12-6-3-5-11-7-4-10-14(11)12/h3-7,10H,2H2,1H3. The fourth-order valence-corrected chi connectivity index (χ4v) is 1.45. The second-order valence-electron chi connectivity index (χ2n) is 3.18. The van der Waals surface area contributed by atoms with Crippen molar-refractivity contribution in [1.29, 1.82) is 0 Å². The Morgan fingerprint density at radius 1 is 1.38 bits per heavy atom. The summed E-state index contributed by atoms with van der Waals surface area (Å²) >= 11 is 0. The molecular formula is C13H11NO2. The van der Waals surface area contributed by atoms with Gasteiger partial charge in [-0.3, -0.25) is 0 Å². The minimum absolute atomic E-state index is 0.348. The number of aromatic nitrogens is 1. The summed E-state index contributed by atoms with van der Waals surface area (Å²) in [5.41, 5.74) is 1.83. The number of ether oxygens (including phenoxy) is 1. The first-order valence-electron chi connectivity index (χ1n) is 5.06. The summed E-state index contributed by atoms with van der Waals surface area (Å²) in [5, 5.41) is 0. The van der Waals surface area contributed by atoms with Crippen LogP contribution in [0.5, 0.6) is 0 Å². The van der Waals surface area contributed by atoms with Gasteiger partial charge < -0.3 is 9.14 Å². The van der Waals surface area contributed by atoms with Gasteiger partial charge in [-0.05, 0) is 37.1 Å². The highest BCUT2D eigenvalue weighted by Gasteiger charge is 1.97. The van der Waals surface area contributed by atoms with Crippen molar-refractivity contribution in [3.63, 3.8) is 0 Å². The van der Waals surface area contributed by atoms with E-state index in [4.69, 9.17) is 4.74 Å². The van der Waals surface area contributed by atoms with Crippen LogP contribution in [0.3, 0.4) is 0 Å². The molecule has 0 saturated carbocycles. The van der Waals surface area contributed by atoms with Crippen LogP contribution >= 0.6 is 0 Å². The van der Waals surface area contributed by atoms with E-state index in [1.165, 1.54) is 0 Å². The van der Waals surface area contributed by atoms with Gasteiger partial charge in [-0.25, -0.2) is 4.79 Å². The Kier molecular flexibility index (Phi) is 2.93. The summed E-state index contributed by atoms with van der Waals surface area (Å²) in [7, 11) is 0. The first-order valence-corrected chi connectivity index (χ1v) is 5.06. The van der Waals surface area contributed by atoms with E-state index in [1.807, 2.05) is 40.9 Å². The highest BCUT2D eigenvalue weighted by atomic mass is 16.5. The maximum Gasteiger partial charge on any atom is 0.384 e. The zero-order chi connectivity index (χ0) is 11.4. The first-order chi connectivity index (χ1) is 7.81. The Morgan fingerprint density at radius 3 is 3.00 bits per heavy atom. The smallest absolute Gasteiger partial charge is 0.384 e. The first kappa shape index (κ1) is 10.3. The van der Waals surface area contributed by atoms with Crippen molar-refractivity contribution >= 4 is 11.5 Å². The normalized spacial score (nSPS) is 9.56. The van der Waals surface area contributed by atoms with E-state index in [0.717, 1.165) is 11.2 Å². The Balaban J connectivity index is 2.33. The van der Waals surface area contributed by atoms with Crippen LogP contribution in [0.4, 0.5) is 0 Å². The van der Waals surface area contributed by atoms with Gasteiger partial charge in [0.25, 0.3) is 0 Å². The molecule has 0 atom stereocenters. The molecule has 0 spiro atoms. The summed E-state index contributed by atoms with van der Waals surface area (Å²) in [6.07, 6.45) is 1.91. The lowest BCUT2D eigenvalue weighted by Gasteiger charge is -1.97. The predicted octanol–water partition coefficient (Wildman–Crippen LogP) is 1.85. The minimum atomic E-state index is -0.494. The fraction of sp³-hybridized carbons (Fsp3) is 0.154. The zero-order valence-electron chi connectivity index (χ0n) is 8.93. The van der Waals surface area contributed by atoms with Gasteiger partial charge in [-0.1, -0.05) is 6.07 Å². The molecule has 80 valence electrons. The number of esters is 1. The summed E-state index contributed by atoms with van der Waals surface area (Å²) in [5.74, 6) is 4.75. The lowest BCUT2D eigenvalue weighted by molar-refractivity contribution is -0.136. The number of rotatable bonds is 1. The molecule has 0 amide bonds. The lowest BCUT2D eigenvalue weighted by atomic mass is 10.3. The second-order valence-corrected chi connectivity index (χ2v) is 3.18. The third-order valence-electron chi connectivity index (χ3n) is 2.13. The van der Waals surface area contributed by atoms with E-state index in [1.54, 1.807) is 6.92 Å².